The minimum atomic E-state index is -1.51. The molecule has 0 spiro atoms. The van der Waals surface area contributed by atoms with E-state index in [0.29, 0.717) is 5.56 Å². The minimum absolute atomic E-state index is 0.107. The molecule has 4 atom stereocenters. The fourth-order valence-corrected chi connectivity index (χ4v) is 5.86. The molecule has 0 bridgehead atoms. The molecule has 2 aromatic rings. The number of carbonyl (C=O) groups is 4. The van der Waals surface area contributed by atoms with E-state index in [2.05, 4.69) is 0 Å². The van der Waals surface area contributed by atoms with Gasteiger partial charge in [0.15, 0.2) is 0 Å². The summed E-state index contributed by atoms with van der Waals surface area (Å²) in [5, 5.41) is 0. The first-order valence-corrected chi connectivity index (χ1v) is 11.1. The second-order valence-electron chi connectivity index (χ2n) is 8.83. The van der Waals surface area contributed by atoms with Crippen LogP contribution in [0.4, 0.5) is 14.9 Å². The number of hydrogen-bond acceptors (Lipinski definition) is 4. The molecule has 0 aromatic heterocycles. The smallest absolute Gasteiger partial charge is 0.300 e. The lowest BCUT2D eigenvalue weighted by Gasteiger charge is -2.34. The van der Waals surface area contributed by atoms with E-state index in [1.54, 1.807) is 13.8 Å². The van der Waals surface area contributed by atoms with Gasteiger partial charge >= 0.3 is 6.03 Å². The molecular formula is C25H24FN3O4. The third-order valence-electron chi connectivity index (χ3n) is 7.32. The molecule has 8 heteroatoms. The molecule has 3 aliphatic rings. The standard InChI is InChI=1S/C25H24FN3O4/c1-4-25-19-18(21(30)27(5-2)22(19)31)20(15-11-9-14(3)10-12-15)29(25)24(33)28(23(25)32)17-8-6-7-16(26)13-17/h6-13,18-20H,4-5H2,1-3H3/t18?,19?,20?,25-/m1/s1. The van der Waals surface area contributed by atoms with Crippen molar-refractivity contribution < 1.29 is 23.6 Å². The van der Waals surface area contributed by atoms with Crippen molar-refractivity contribution >= 4 is 29.4 Å². The summed E-state index contributed by atoms with van der Waals surface area (Å²) in [6, 6.07) is 11.3. The summed E-state index contributed by atoms with van der Waals surface area (Å²) < 4.78 is 14.0. The second-order valence-corrected chi connectivity index (χ2v) is 8.83. The number of rotatable bonds is 4. The van der Waals surface area contributed by atoms with Gasteiger partial charge < -0.3 is 4.90 Å². The number of urea groups is 1. The molecule has 170 valence electrons. The Hall–Kier alpha value is -3.55. The molecule has 0 aliphatic carbocycles. The van der Waals surface area contributed by atoms with Crippen molar-refractivity contribution in [2.45, 2.75) is 38.8 Å². The number of likely N-dealkylation sites (tertiary alicyclic amines) is 1. The lowest BCUT2D eigenvalue weighted by Crippen LogP contribution is -2.53. The molecule has 5 amide bonds. The number of anilines is 1. The molecule has 0 N–H and O–H groups in total. The average Bonchev–Trinajstić information content (AvgIpc) is 3.32. The summed E-state index contributed by atoms with van der Waals surface area (Å²) >= 11 is 0. The van der Waals surface area contributed by atoms with E-state index >= 15 is 0 Å². The first kappa shape index (κ1) is 21.3. The van der Waals surface area contributed by atoms with Crippen LogP contribution in [0.15, 0.2) is 48.5 Å². The molecule has 2 aromatic carbocycles. The van der Waals surface area contributed by atoms with Gasteiger partial charge in [-0.2, -0.15) is 0 Å². The van der Waals surface area contributed by atoms with Gasteiger partial charge in [0.05, 0.1) is 23.6 Å². The molecule has 5 rings (SSSR count). The number of halogens is 1. The normalized spacial score (nSPS) is 28.7. The van der Waals surface area contributed by atoms with Gasteiger partial charge in [-0.3, -0.25) is 19.3 Å². The Morgan fingerprint density at radius 3 is 2.27 bits per heavy atom. The van der Waals surface area contributed by atoms with Crippen LogP contribution < -0.4 is 4.90 Å². The van der Waals surface area contributed by atoms with Crippen LogP contribution in [0.1, 0.15) is 37.4 Å². The highest BCUT2D eigenvalue weighted by atomic mass is 19.1. The Balaban J connectivity index is 1.74. The van der Waals surface area contributed by atoms with Crippen LogP contribution in [0.3, 0.4) is 0 Å². The number of benzene rings is 2. The van der Waals surface area contributed by atoms with E-state index in [9.17, 15) is 23.6 Å². The first-order valence-electron chi connectivity index (χ1n) is 11.1. The minimum Gasteiger partial charge on any atom is -0.300 e. The van der Waals surface area contributed by atoms with Gasteiger partial charge in [0.25, 0.3) is 5.91 Å². The van der Waals surface area contributed by atoms with Crippen LogP contribution in [0.2, 0.25) is 0 Å². The number of fused-ring (bicyclic) bond motifs is 3. The summed E-state index contributed by atoms with van der Waals surface area (Å²) in [4.78, 5) is 58.1. The Labute approximate surface area is 190 Å². The van der Waals surface area contributed by atoms with Gasteiger partial charge in [0.2, 0.25) is 11.8 Å². The Morgan fingerprint density at radius 2 is 1.67 bits per heavy atom. The summed E-state index contributed by atoms with van der Waals surface area (Å²) in [6.45, 7) is 5.58. The van der Waals surface area contributed by atoms with E-state index in [-0.39, 0.29) is 24.6 Å². The highest BCUT2D eigenvalue weighted by Crippen LogP contribution is 2.59. The zero-order chi connectivity index (χ0) is 23.7. The highest BCUT2D eigenvalue weighted by molar-refractivity contribution is 6.26. The van der Waals surface area contributed by atoms with Gasteiger partial charge in [-0.1, -0.05) is 42.8 Å². The Kier molecular flexibility index (Phi) is 4.67. The monoisotopic (exact) mass is 449 g/mol. The highest BCUT2D eigenvalue weighted by Gasteiger charge is 2.76. The fraction of sp³-hybridized carbons (Fsp3) is 0.360. The quantitative estimate of drug-likeness (QED) is 0.529. The van der Waals surface area contributed by atoms with E-state index in [1.807, 2.05) is 31.2 Å². The van der Waals surface area contributed by atoms with Crippen LogP contribution in [-0.2, 0) is 14.4 Å². The van der Waals surface area contributed by atoms with Gasteiger partial charge in [-0.15, -0.1) is 0 Å². The van der Waals surface area contributed by atoms with Crippen LogP contribution >= 0.6 is 0 Å². The number of imide groups is 2. The summed E-state index contributed by atoms with van der Waals surface area (Å²) in [7, 11) is 0. The number of amides is 5. The molecule has 33 heavy (non-hydrogen) atoms. The molecule has 3 saturated heterocycles. The zero-order valence-electron chi connectivity index (χ0n) is 18.6. The van der Waals surface area contributed by atoms with Crippen molar-refractivity contribution in [1.29, 1.82) is 0 Å². The van der Waals surface area contributed by atoms with E-state index < -0.39 is 47.1 Å². The molecule has 0 radical (unpaired) electrons. The molecule has 3 unspecified atom stereocenters. The van der Waals surface area contributed by atoms with E-state index in [4.69, 9.17) is 0 Å². The molecule has 7 nitrogen and oxygen atoms in total. The maximum Gasteiger partial charge on any atom is 0.332 e. The van der Waals surface area contributed by atoms with Crippen molar-refractivity contribution in [3.05, 3.63) is 65.5 Å². The number of aryl methyl sites for hydroxylation is 1. The number of hydrogen-bond donors (Lipinski definition) is 0. The molecular weight excluding hydrogens is 425 g/mol. The lowest BCUT2D eigenvalue weighted by molar-refractivity contribution is -0.144. The van der Waals surface area contributed by atoms with E-state index in [1.165, 1.54) is 28.0 Å². The molecule has 3 aliphatic heterocycles. The van der Waals surface area contributed by atoms with Crippen molar-refractivity contribution in [2.75, 3.05) is 11.4 Å². The third-order valence-corrected chi connectivity index (χ3v) is 7.32. The number of nitrogens with zero attached hydrogens (tertiary/aromatic N) is 3. The van der Waals surface area contributed by atoms with Crippen molar-refractivity contribution in [3.8, 4) is 0 Å². The van der Waals surface area contributed by atoms with Gasteiger partial charge in [-0.25, -0.2) is 14.1 Å². The predicted octanol–water partition coefficient (Wildman–Crippen LogP) is 3.43. The predicted molar refractivity (Wildman–Crippen MR) is 117 cm³/mol. The Bertz CT molecular complexity index is 1200. The first-order chi connectivity index (χ1) is 15.8. The SMILES string of the molecule is CCN1C(=O)C2C(c3ccc(C)cc3)N3C(=O)N(c4cccc(F)c4)C(=O)[C@@]3(CC)C2C1=O. The second kappa shape index (κ2) is 7.23. The summed E-state index contributed by atoms with van der Waals surface area (Å²) in [6.07, 6.45) is 0.156. The summed E-state index contributed by atoms with van der Waals surface area (Å²) in [5.41, 5.74) is 0.285. The van der Waals surface area contributed by atoms with Crippen LogP contribution in [0.25, 0.3) is 0 Å². The average molecular weight is 449 g/mol. The van der Waals surface area contributed by atoms with Gasteiger partial charge in [0, 0.05) is 6.54 Å². The molecule has 0 saturated carbocycles. The Morgan fingerprint density at radius 1 is 0.970 bits per heavy atom. The largest absolute Gasteiger partial charge is 0.332 e. The summed E-state index contributed by atoms with van der Waals surface area (Å²) in [5.74, 6) is -3.81. The van der Waals surface area contributed by atoms with Crippen LogP contribution in [-0.4, -0.2) is 45.6 Å². The zero-order valence-corrected chi connectivity index (χ0v) is 18.6. The van der Waals surface area contributed by atoms with Gasteiger partial charge in [-0.05, 0) is 44.0 Å². The lowest BCUT2D eigenvalue weighted by atomic mass is 9.77. The van der Waals surface area contributed by atoms with Crippen molar-refractivity contribution in [3.63, 3.8) is 0 Å². The maximum atomic E-state index is 14.0. The third kappa shape index (κ3) is 2.60. The van der Waals surface area contributed by atoms with Crippen molar-refractivity contribution in [1.82, 2.24) is 9.80 Å². The van der Waals surface area contributed by atoms with E-state index in [0.717, 1.165) is 16.5 Å². The fourth-order valence-electron chi connectivity index (χ4n) is 5.86. The molecule has 3 fully saturated rings. The topological polar surface area (TPSA) is 78.0 Å². The van der Waals surface area contributed by atoms with Gasteiger partial charge in [0.1, 0.15) is 11.4 Å². The molecule has 3 heterocycles. The number of carbonyl (C=O) groups excluding carboxylic acids is 4. The van der Waals surface area contributed by atoms with Crippen molar-refractivity contribution in [2.24, 2.45) is 11.8 Å². The maximum absolute atomic E-state index is 14.0. The van der Waals surface area contributed by atoms with Crippen LogP contribution in [0.5, 0.6) is 0 Å². The van der Waals surface area contributed by atoms with Crippen LogP contribution in [0, 0.1) is 24.6 Å².